The molecule has 1 aromatic carbocycles. The number of carbonyl (C=O) groups excluding carboxylic acids is 1. The van der Waals surface area contributed by atoms with Gasteiger partial charge in [-0.3, -0.25) is 4.79 Å². The Balaban J connectivity index is 2.00. The summed E-state index contributed by atoms with van der Waals surface area (Å²) in [5.41, 5.74) is 8.29. The minimum atomic E-state index is -0.527. The highest BCUT2D eigenvalue weighted by atomic mass is 16.5. The molecule has 120 valence electrons. The second-order valence-corrected chi connectivity index (χ2v) is 5.28. The van der Waals surface area contributed by atoms with E-state index < -0.39 is 6.04 Å². The summed E-state index contributed by atoms with van der Waals surface area (Å²) < 4.78 is 5.32. The first-order chi connectivity index (χ1) is 10.7. The summed E-state index contributed by atoms with van der Waals surface area (Å²) in [5.74, 6) is -0.0208. The number of carbonyl (C=O) groups is 1. The van der Waals surface area contributed by atoms with Gasteiger partial charge in [0, 0.05) is 36.8 Å². The number of ether oxygens (including phenoxy) is 1. The van der Waals surface area contributed by atoms with Crippen LogP contribution in [0.25, 0.3) is 10.9 Å². The number of aromatic amines is 1. The zero-order valence-corrected chi connectivity index (χ0v) is 13.3. The van der Waals surface area contributed by atoms with Gasteiger partial charge in [0.2, 0.25) is 5.91 Å². The summed E-state index contributed by atoms with van der Waals surface area (Å²) in [6.45, 7) is 6.35. The molecule has 0 unspecified atom stereocenters. The Morgan fingerprint density at radius 3 is 2.86 bits per heavy atom. The Bertz CT molecular complexity index is 609. The molecule has 0 radical (unpaired) electrons. The van der Waals surface area contributed by atoms with Crippen LogP contribution < -0.4 is 5.73 Å². The summed E-state index contributed by atoms with van der Waals surface area (Å²) in [5, 5.41) is 1.13. The predicted octanol–water partition coefficient (Wildman–Crippen LogP) is 1.92. The van der Waals surface area contributed by atoms with Crippen molar-refractivity contribution in [3.8, 4) is 0 Å². The van der Waals surface area contributed by atoms with Gasteiger partial charge in [0.1, 0.15) is 0 Å². The van der Waals surface area contributed by atoms with Crippen molar-refractivity contribution in [3.63, 3.8) is 0 Å². The summed E-state index contributed by atoms with van der Waals surface area (Å²) in [7, 11) is 0. The summed E-state index contributed by atoms with van der Waals surface area (Å²) in [6, 6.07) is 7.52. The van der Waals surface area contributed by atoms with Crippen molar-refractivity contribution in [3.05, 3.63) is 36.0 Å². The van der Waals surface area contributed by atoms with E-state index in [-0.39, 0.29) is 5.91 Å². The van der Waals surface area contributed by atoms with E-state index in [9.17, 15) is 4.79 Å². The fourth-order valence-electron chi connectivity index (χ4n) is 2.60. The Morgan fingerprint density at radius 1 is 1.36 bits per heavy atom. The van der Waals surface area contributed by atoms with E-state index in [1.807, 2.05) is 44.3 Å². The largest absolute Gasteiger partial charge is 0.380 e. The molecule has 1 amide bonds. The Hall–Kier alpha value is -1.85. The van der Waals surface area contributed by atoms with Gasteiger partial charge in [-0.25, -0.2) is 0 Å². The fraction of sp³-hybridized carbons (Fsp3) is 0.471. The number of hydrogen-bond acceptors (Lipinski definition) is 3. The first-order valence-corrected chi connectivity index (χ1v) is 7.84. The molecule has 0 saturated carbocycles. The van der Waals surface area contributed by atoms with E-state index in [0.29, 0.717) is 32.7 Å². The first kappa shape index (κ1) is 16.5. The van der Waals surface area contributed by atoms with E-state index >= 15 is 0 Å². The molecule has 0 aliphatic carbocycles. The van der Waals surface area contributed by atoms with E-state index in [1.54, 1.807) is 4.90 Å². The highest BCUT2D eigenvalue weighted by molar-refractivity contribution is 5.86. The van der Waals surface area contributed by atoms with Crippen LogP contribution >= 0.6 is 0 Å². The molecule has 0 fully saturated rings. The van der Waals surface area contributed by atoms with Crippen molar-refractivity contribution in [1.82, 2.24) is 9.88 Å². The molecular weight excluding hydrogens is 278 g/mol. The van der Waals surface area contributed by atoms with E-state index in [1.165, 1.54) is 0 Å². The van der Waals surface area contributed by atoms with Gasteiger partial charge in [-0.1, -0.05) is 18.2 Å². The number of nitrogens with zero attached hydrogens (tertiary/aromatic N) is 1. The van der Waals surface area contributed by atoms with Crippen molar-refractivity contribution in [2.24, 2.45) is 5.73 Å². The van der Waals surface area contributed by atoms with Gasteiger partial charge in [0.05, 0.1) is 12.6 Å². The van der Waals surface area contributed by atoms with Gasteiger partial charge >= 0.3 is 0 Å². The second-order valence-electron chi connectivity index (χ2n) is 5.28. The molecule has 2 aromatic rings. The molecule has 22 heavy (non-hydrogen) atoms. The quantitative estimate of drug-likeness (QED) is 0.732. The van der Waals surface area contributed by atoms with E-state index in [4.69, 9.17) is 10.5 Å². The SMILES string of the molecule is CCOCCN(CC)C(=O)[C@@H](N)Cc1c[nH]c2ccccc12. The highest BCUT2D eigenvalue weighted by Gasteiger charge is 2.21. The number of nitrogens with one attached hydrogen (secondary N) is 1. The van der Waals surface area contributed by atoms with Gasteiger partial charge in [-0.05, 0) is 31.9 Å². The van der Waals surface area contributed by atoms with Crippen LogP contribution in [0, 0.1) is 0 Å². The first-order valence-electron chi connectivity index (χ1n) is 7.84. The third kappa shape index (κ3) is 3.87. The van der Waals surface area contributed by atoms with Crippen LogP contribution in [0.2, 0.25) is 0 Å². The van der Waals surface area contributed by atoms with Crippen molar-refractivity contribution in [1.29, 1.82) is 0 Å². The molecule has 1 atom stereocenters. The lowest BCUT2D eigenvalue weighted by atomic mass is 10.0. The summed E-state index contributed by atoms with van der Waals surface area (Å²) in [6.07, 6.45) is 2.47. The number of likely N-dealkylation sites (N-methyl/N-ethyl adjacent to an activating group) is 1. The minimum Gasteiger partial charge on any atom is -0.380 e. The number of rotatable bonds is 8. The van der Waals surface area contributed by atoms with Gasteiger partial charge < -0.3 is 20.4 Å². The highest BCUT2D eigenvalue weighted by Crippen LogP contribution is 2.19. The lowest BCUT2D eigenvalue weighted by Crippen LogP contribution is -2.46. The van der Waals surface area contributed by atoms with Crippen LogP contribution in [0.5, 0.6) is 0 Å². The van der Waals surface area contributed by atoms with Gasteiger partial charge in [-0.15, -0.1) is 0 Å². The molecule has 1 heterocycles. The number of nitrogens with two attached hydrogens (primary N) is 1. The van der Waals surface area contributed by atoms with Gasteiger partial charge in [-0.2, -0.15) is 0 Å². The van der Waals surface area contributed by atoms with Crippen LogP contribution in [0.3, 0.4) is 0 Å². The van der Waals surface area contributed by atoms with Gasteiger partial charge in [0.15, 0.2) is 0 Å². The zero-order valence-electron chi connectivity index (χ0n) is 13.3. The number of fused-ring (bicyclic) bond motifs is 1. The predicted molar refractivity (Wildman–Crippen MR) is 88.7 cm³/mol. The Labute approximate surface area is 131 Å². The lowest BCUT2D eigenvalue weighted by Gasteiger charge is -2.24. The number of aromatic nitrogens is 1. The van der Waals surface area contributed by atoms with Crippen molar-refractivity contribution in [2.45, 2.75) is 26.3 Å². The summed E-state index contributed by atoms with van der Waals surface area (Å²) >= 11 is 0. The van der Waals surface area contributed by atoms with Crippen molar-refractivity contribution >= 4 is 16.8 Å². The van der Waals surface area contributed by atoms with Crippen LogP contribution in [0.4, 0.5) is 0 Å². The fourth-order valence-corrected chi connectivity index (χ4v) is 2.60. The molecule has 0 aliphatic rings. The maximum absolute atomic E-state index is 12.5. The minimum absolute atomic E-state index is 0.0208. The Morgan fingerprint density at radius 2 is 2.14 bits per heavy atom. The van der Waals surface area contributed by atoms with Crippen molar-refractivity contribution in [2.75, 3.05) is 26.3 Å². The van der Waals surface area contributed by atoms with Gasteiger partial charge in [0.25, 0.3) is 0 Å². The number of para-hydroxylation sites is 1. The smallest absolute Gasteiger partial charge is 0.239 e. The van der Waals surface area contributed by atoms with Crippen molar-refractivity contribution < 1.29 is 9.53 Å². The third-order valence-corrected chi connectivity index (χ3v) is 3.84. The number of amides is 1. The molecule has 5 heteroatoms. The molecule has 0 aliphatic heterocycles. The van der Waals surface area contributed by atoms with Crippen LogP contribution in [0.1, 0.15) is 19.4 Å². The van der Waals surface area contributed by atoms with E-state index in [2.05, 4.69) is 4.98 Å². The number of hydrogen-bond donors (Lipinski definition) is 2. The normalized spacial score (nSPS) is 12.5. The van der Waals surface area contributed by atoms with E-state index in [0.717, 1.165) is 16.5 Å². The molecule has 0 spiro atoms. The molecule has 1 aromatic heterocycles. The van der Waals surface area contributed by atoms with Crippen LogP contribution in [0.15, 0.2) is 30.5 Å². The lowest BCUT2D eigenvalue weighted by molar-refractivity contribution is -0.133. The molecule has 2 rings (SSSR count). The topological polar surface area (TPSA) is 71.3 Å². The molecular formula is C17H25N3O2. The molecule has 3 N–H and O–H groups in total. The standard InChI is InChI=1S/C17H25N3O2/c1-3-20(9-10-22-4-2)17(21)15(18)11-13-12-19-16-8-6-5-7-14(13)16/h5-8,12,15,19H,3-4,9-11,18H2,1-2H3/t15-/m0/s1. The maximum Gasteiger partial charge on any atom is 0.239 e. The monoisotopic (exact) mass is 303 g/mol. The van der Waals surface area contributed by atoms with Crippen LogP contribution in [-0.4, -0.2) is 48.1 Å². The average molecular weight is 303 g/mol. The van der Waals surface area contributed by atoms with Crippen LogP contribution in [-0.2, 0) is 16.0 Å². The molecule has 0 saturated heterocycles. The number of H-pyrrole nitrogens is 1. The number of benzene rings is 1. The average Bonchev–Trinajstić information content (AvgIpc) is 2.94. The summed E-state index contributed by atoms with van der Waals surface area (Å²) in [4.78, 5) is 17.4. The molecule has 0 bridgehead atoms. The third-order valence-electron chi connectivity index (χ3n) is 3.84. The Kier molecular flexibility index (Phi) is 5.98. The molecule has 5 nitrogen and oxygen atoms in total. The zero-order chi connectivity index (χ0) is 15.9. The second kappa shape index (κ2) is 7.96. The maximum atomic E-state index is 12.5.